The van der Waals surface area contributed by atoms with Gasteiger partial charge in [0.1, 0.15) is 11.6 Å². The molecule has 0 spiro atoms. The number of halogens is 1. The number of ether oxygens (including phenoxy) is 1. The fourth-order valence-electron chi connectivity index (χ4n) is 4.41. The van der Waals surface area contributed by atoms with Crippen LogP contribution in [-0.4, -0.2) is 63.9 Å². The van der Waals surface area contributed by atoms with Crippen LogP contribution in [0.5, 0.6) is 5.75 Å². The number of piperazine rings is 1. The Morgan fingerprint density at radius 3 is 2.17 bits per heavy atom. The molecule has 0 N–H and O–H groups in total. The number of carbonyl (C=O) groups excluding carboxylic acids is 1. The summed E-state index contributed by atoms with van der Waals surface area (Å²) in [5, 5.41) is 0. The predicted molar refractivity (Wildman–Crippen MR) is 137 cm³/mol. The van der Waals surface area contributed by atoms with Gasteiger partial charge in [-0.25, -0.2) is 12.8 Å². The first-order chi connectivity index (χ1) is 17.3. The van der Waals surface area contributed by atoms with Crippen LogP contribution in [0, 0.1) is 5.82 Å². The van der Waals surface area contributed by atoms with Crippen molar-refractivity contribution in [1.29, 1.82) is 0 Å². The molecule has 0 aromatic heterocycles. The predicted octanol–water partition coefficient (Wildman–Crippen LogP) is 3.94. The molecule has 1 aliphatic heterocycles. The third-order valence-corrected chi connectivity index (χ3v) is 8.43. The van der Waals surface area contributed by atoms with Gasteiger partial charge >= 0.3 is 0 Å². The van der Waals surface area contributed by atoms with Crippen LogP contribution in [0.1, 0.15) is 18.0 Å². The maximum absolute atomic E-state index is 14.2. The van der Waals surface area contributed by atoms with Crippen molar-refractivity contribution in [2.24, 2.45) is 0 Å². The Hall–Kier alpha value is -3.43. The molecule has 4 rings (SSSR count). The number of anilines is 1. The Morgan fingerprint density at radius 1 is 0.944 bits per heavy atom. The van der Waals surface area contributed by atoms with E-state index in [9.17, 15) is 17.6 Å². The average Bonchev–Trinajstić information content (AvgIpc) is 2.92. The van der Waals surface area contributed by atoms with Crippen molar-refractivity contribution >= 4 is 21.6 Å². The Labute approximate surface area is 211 Å². The number of hydrogen-bond acceptors (Lipinski definition) is 5. The minimum absolute atomic E-state index is 0.0193. The lowest BCUT2D eigenvalue weighted by molar-refractivity contribution is -0.132. The van der Waals surface area contributed by atoms with Gasteiger partial charge in [-0.1, -0.05) is 42.5 Å². The monoisotopic (exact) mass is 511 g/mol. The zero-order valence-corrected chi connectivity index (χ0v) is 21.2. The summed E-state index contributed by atoms with van der Waals surface area (Å²) >= 11 is 0. The minimum Gasteiger partial charge on any atom is -0.497 e. The fraction of sp³-hybridized carbons (Fsp3) is 0.296. The number of carbonyl (C=O) groups is 1. The molecule has 0 unspecified atom stereocenters. The molecule has 3 aromatic carbocycles. The van der Waals surface area contributed by atoms with Crippen LogP contribution in [0.4, 0.5) is 10.1 Å². The second kappa shape index (κ2) is 11.1. The van der Waals surface area contributed by atoms with Crippen molar-refractivity contribution in [3.63, 3.8) is 0 Å². The molecule has 1 fully saturated rings. The van der Waals surface area contributed by atoms with Crippen LogP contribution in [0.15, 0.2) is 83.8 Å². The van der Waals surface area contributed by atoms with Crippen molar-refractivity contribution in [1.82, 2.24) is 9.21 Å². The SMILES string of the molecule is COc1ccc([C@H](CC(=O)N2CCN(c3ccccc3F)CC2)N(C)S(=O)(=O)c2ccccc2)cc1. The van der Waals surface area contributed by atoms with Crippen molar-refractivity contribution in [2.75, 3.05) is 45.2 Å². The number of amides is 1. The molecule has 0 saturated carbocycles. The lowest BCUT2D eigenvalue weighted by atomic mass is 10.0. The maximum Gasteiger partial charge on any atom is 0.243 e. The maximum atomic E-state index is 14.2. The van der Waals surface area contributed by atoms with E-state index >= 15 is 0 Å². The second-order valence-corrected chi connectivity index (χ2v) is 10.6. The normalized spacial score (nSPS) is 15.1. The van der Waals surface area contributed by atoms with Gasteiger partial charge in [0.2, 0.25) is 15.9 Å². The highest BCUT2D eigenvalue weighted by molar-refractivity contribution is 7.89. The van der Waals surface area contributed by atoms with E-state index in [1.807, 2.05) is 4.90 Å². The van der Waals surface area contributed by atoms with E-state index in [0.29, 0.717) is 43.2 Å². The van der Waals surface area contributed by atoms with Gasteiger partial charge in [-0.05, 0) is 42.0 Å². The summed E-state index contributed by atoms with van der Waals surface area (Å²) in [7, 11) is -0.787. The first-order valence-electron chi connectivity index (χ1n) is 11.8. The molecule has 1 aliphatic rings. The molecule has 1 saturated heterocycles. The summed E-state index contributed by atoms with van der Waals surface area (Å²) in [4.78, 5) is 17.2. The van der Waals surface area contributed by atoms with Gasteiger partial charge in [0, 0.05) is 39.6 Å². The quantitative estimate of drug-likeness (QED) is 0.458. The Balaban J connectivity index is 1.53. The van der Waals surface area contributed by atoms with E-state index in [1.165, 1.54) is 17.4 Å². The fourth-order valence-corrected chi connectivity index (χ4v) is 5.77. The molecule has 1 atom stereocenters. The molecule has 0 aliphatic carbocycles. The molecule has 9 heteroatoms. The molecule has 3 aromatic rings. The van der Waals surface area contributed by atoms with E-state index in [4.69, 9.17) is 4.74 Å². The van der Waals surface area contributed by atoms with E-state index in [1.54, 1.807) is 84.8 Å². The average molecular weight is 512 g/mol. The van der Waals surface area contributed by atoms with Crippen molar-refractivity contribution in [3.05, 3.63) is 90.2 Å². The zero-order chi connectivity index (χ0) is 25.7. The highest BCUT2D eigenvalue weighted by Crippen LogP contribution is 2.31. The van der Waals surface area contributed by atoms with Gasteiger partial charge in [0.05, 0.1) is 23.7 Å². The standard InChI is InChI=1S/C27H30FN3O4S/c1-29(36(33,34)23-8-4-3-5-9-23)26(21-12-14-22(35-2)15-13-21)20-27(32)31-18-16-30(17-19-31)25-11-7-6-10-24(25)28/h3-15,26H,16-20H2,1-2H3/t26-/m0/s1. The third-order valence-electron chi connectivity index (χ3n) is 6.55. The van der Waals surface area contributed by atoms with Crippen LogP contribution >= 0.6 is 0 Å². The second-order valence-electron chi connectivity index (χ2n) is 8.65. The Morgan fingerprint density at radius 2 is 1.56 bits per heavy atom. The lowest BCUT2D eigenvalue weighted by Gasteiger charge is -2.37. The van der Waals surface area contributed by atoms with Gasteiger partial charge in [0.15, 0.2) is 0 Å². The van der Waals surface area contributed by atoms with Crippen molar-refractivity contribution in [2.45, 2.75) is 17.4 Å². The first kappa shape index (κ1) is 25.7. The smallest absolute Gasteiger partial charge is 0.243 e. The van der Waals surface area contributed by atoms with Crippen LogP contribution in [0.25, 0.3) is 0 Å². The third kappa shape index (κ3) is 5.52. The van der Waals surface area contributed by atoms with E-state index in [2.05, 4.69) is 0 Å². The molecular formula is C27H30FN3O4S. The Bertz CT molecular complexity index is 1280. The van der Waals surface area contributed by atoms with Crippen LogP contribution in [0.2, 0.25) is 0 Å². The number of sulfonamides is 1. The van der Waals surface area contributed by atoms with Crippen molar-refractivity contribution < 1.29 is 22.3 Å². The largest absolute Gasteiger partial charge is 0.497 e. The summed E-state index contributed by atoms with van der Waals surface area (Å²) < 4.78 is 47.5. The summed E-state index contributed by atoms with van der Waals surface area (Å²) in [5.41, 5.74) is 1.21. The van der Waals surface area contributed by atoms with E-state index in [0.717, 1.165) is 0 Å². The molecule has 0 radical (unpaired) electrons. The van der Waals surface area contributed by atoms with Crippen LogP contribution in [0.3, 0.4) is 0 Å². The van der Waals surface area contributed by atoms with Crippen LogP contribution < -0.4 is 9.64 Å². The topological polar surface area (TPSA) is 70.2 Å². The van der Waals surface area contributed by atoms with Gasteiger partial charge in [0.25, 0.3) is 0 Å². The lowest BCUT2D eigenvalue weighted by Crippen LogP contribution is -2.49. The zero-order valence-electron chi connectivity index (χ0n) is 20.4. The highest BCUT2D eigenvalue weighted by Gasteiger charge is 2.33. The summed E-state index contributed by atoms with van der Waals surface area (Å²) in [6, 6.07) is 21.1. The van der Waals surface area contributed by atoms with Gasteiger partial charge in [-0.3, -0.25) is 4.79 Å². The summed E-state index contributed by atoms with van der Waals surface area (Å²) in [5.74, 6) is 0.199. The summed E-state index contributed by atoms with van der Waals surface area (Å²) in [6.45, 7) is 1.85. The highest BCUT2D eigenvalue weighted by atomic mass is 32.2. The Kier molecular flexibility index (Phi) is 7.91. The molecule has 0 bridgehead atoms. The van der Waals surface area contributed by atoms with Crippen molar-refractivity contribution in [3.8, 4) is 5.75 Å². The number of rotatable bonds is 8. The number of nitrogens with zero attached hydrogens (tertiary/aromatic N) is 3. The number of methoxy groups -OCH3 is 1. The number of para-hydroxylation sites is 1. The first-order valence-corrected chi connectivity index (χ1v) is 13.2. The minimum atomic E-state index is -3.85. The molecule has 1 amide bonds. The molecule has 36 heavy (non-hydrogen) atoms. The van der Waals surface area contributed by atoms with Gasteiger partial charge in [-0.15, -0.1) is 0 Å². The van der Waals surface area contributed by atoms with Gasteiger partial charge in [-0.2, -0.15) is 4.31 Å². The van der Waals surface area contributed by atoms with Gasteiger partial charge < -0.3 is 14.5 Å². The number of benzene rings is 3. The number of hydrogen-bond donors (Lipinski definition) is 0. The van der Waals surface area contributed by atoms with Crippen LogP contribution in [-0.2, 0) is 14.8 Å². The molecular weight excluding hydrogens is 481 g/mol. The summed E-state index contributed by atoms with van der Waals surface area (Å²) in [6.07, 6.45) is -0.0193. The molecule has 1 heterocycles. The van der Waals surface area contributed by atoms with E-state index in [-0.39, 0.29) is 23.0 Å². The van der Waals surface area contributed by atoms with E-state index < -0.39 is 16.1 Å². The molecule has 190 valence electrons. The molecule has 7 nitrogen and oxygen atoms in total.